The maximum atomic E-state index is 11.0. The number of rotatable bonds is 1. The Labute approximate surface area is 56.1 Å². The summed E-state index contributed by atoms with van der Waals surface area (Å²) in [4.78, 5) is 0. The van der Waals surface area contributed by atoms with E-state index in [0.717, 1.165) is 0 Å². The van der Waals surface area contributed by atoms with E-state index >= 15 is 0 Å². The molecule has 46 valence electrons. The standard InChI is InChI=1S/C2H4F3N.HI/c3-1-2(4,5)6;/h1,6H2;1H. The fraction of sp³-hybridized carbons (Fsp3) is 1.00. The monoisotopic (exact) mass is 227 g/mol. The number of alkyl halides is 3. The topological polar surface area (TPSA) is 27.6 Å². The third kappa shape index (κ3) is 10.7. The van der Waals surface area contributed by atoms with Crippen LogP contribution in [0.4, 0.5) is 13.2 Å². The second-order valence-electron chi connectivity index (χ2n) is 0.990. The number of quaternary nitrogens is 1. The Morgan fingerprint density at radius 3 is 1.57 bits per heavy atom. The van der Waals surface area contributed by atoms with E-state index in [1.165, 1.54) is 0 Å². The largest absolute Gasteiger partial charge is 1.00 e. The minimum Gasteiger partial charge on any atom is -1.00 e. The van der Waals surface area contributed by atoms with E-state index in [1.807, 2.05) is 0 Å². The lowest BCUT2D eigenvalue weighted by molar-refractivity contribution is -0.571. The summed E-state index contributed by atoms with van der Waals surface area (Å²) >= 11 is 0. The van der Waals surface area contributed by atoms with Crippen LogP contribution in [0.1, 0.15) is 0 Å². The summed E-state index contributed by atoms with van der Waals surface area (Å²) in [5.41, 5.74) is 2.18. The molecule has 0 aromatic carbocycles. The second-order valence-corrected chi connectivity index (χ2v) is 0.990. The fourth-order valence-corrected chi connectivity index (χ4v) is 0. The zero-order valence-electron chi connectivity index (χ0n) is 3.43. The summed E-state index contributed by atoms with van der Waals surface area (Å²) in [6, 6.07) is -3.38. The molecule has 0 saturated carbocycles. The summed E-state index contributed by atoms with van der Waals surface area (Å²) in [6.07, 6.45) is 0. The van der Waals surface area contributed by atoms with Gasteiger partial charge in [0.15, 0.2) is 0 Å². The van der Waals surface area contributed by atoms with Gasteiger partial charge in [0.25, 0.3) is 0 Å². The van der Waals surface area contributed by atoms with E-state index in [0.29, 0.717) is 0 Å². The molecule has 0 amide bonds. The van der Waals surface area contributed by atoms with Crippen molar-refractivity contribution >= 4 is 0 Å². The highest BCUT2D eigenvalue weighted by Crippen LogP contribution is 1.98. The summed E-state index contributed by atoms with van der Waals surface area (Å²) in [6.45, 7) is -1.67. The van der Waals surface area contributed by atoms with E-state index in [-0.39, 0.29) is 24.0 Å². The van der Waals surface area contributed by atoms with Gasteiger partial charge in [-0.1, -0.05) is 0 Å². The predicted octanol–water partition coefficient (Wildman–Crippen LogP) is -3.21. The van der Waals surface area contributed by atoms with Crippen LogP contribution in [0.25, 0.3) is 0 Å². The van der Waals surface area contributed by atoms with Crippen molar-refractivity contribution in [3.63, 3.8) is 0 Å². The highest BCUT2D eigenvalue weighted by molar-refractivity contribution is 4.35. The molecule has 0 fully saturated rings. The van der Waals surface area contributed by atoms with Crippen molar-refractivity contribution in [2.24, 2.45) is 0 Å². The van der Waals surface area contributed by atoms with Crippen LogP contribution in [0.2, 0.25) is 0 Å². The molecule has 0 atom stereocenters. The second kappa shape index (κ2) is 3.48. The molecule has 0 aromatic rings. The molecule has 0 heterocycles. The van der Waals surface area contributed by atoms with Gasteiger partial charge in [-0.2, -0.15) is 0 Å². The van der Waals surface area contributed by atoms with Crippen LogP contribution >= 0.6 is 0 Å². The van der Waals surface area contributed by atoms with E-state index in [2.05, 4.69) is 5.73 Å². The molecule has 0 aliphatic carbocycles. The highest BCUT2D eigenvalue weighted by atomic mass is 127. The minimum atomic E-state index is -3.38. The molecule has 0 aliphatic rings. The van der Waals surface area contributed by atoms with Crippen molar-refractivity contribution < 1.29 is 42.9 Å². The van der Waals surface area contributed by atoms with Crippen molar-refractivity contribution in [2.45, 2.75) is 6.05 Å². The van der Waals surface area contributed by atoms with Crippen LogP contribution < -0.4 is 29.7 Å². The SMILES string of the molecule is [I-].[NH3+]C(F)(F)CF. The maximum Gasteiger partial charge on any atom is 0.414 e. The van der Waals surface area contributed by atoms with Gasteiger partial charge in [-0.05, 0) is 0 Å². The Kier molecular flexibility index (Phi) is 5.20. The fourth-order valence-electron chi connectivity index (χ4n) is 0. The third-order valence-corrected chi connectivity index (χ3v) is 0.196. The summed E-state index contributed by atoms with van der Waals surface area (Å²) in [5, 5.41) is 0. The molecule has 7 heavy (non-hydrogen) atoms. The first-order valence-electron chi connectivity index (χ1n) is 1.35. The minimum absolute atomic E-state index is 0. The molecule has 5 heteroatoms. The van der Waals surface area contributed by atoms with Crippen LogP contribution in [0.5, 0.6) is 0 Å². The Morgan fingerprint density at radius 1 is 1.43 bits per heavy atom. The van der Waals surface area contributed by atoms with Gasteiger partial charge >= 0.3 is 6.05 Å². The first-order valence-corrected chi connectivity index (χ1v) is 1.35. The third-order valence-electron chi connectivity index (χ3n) is 0.196. The van der Waals surface area contributed by atoms with Gasteiger partial charge in [0.2, 0.25) is 6.67 Å². The Balaban J connectivity index is 0. The lowest BCUT2D eigenvalue weighted by atomic mass is 10.7. The zero-order chi connectivity index (χ0) is 5.21. The summed E-state index contributed by atoms with van der Waals surface area (Å²) in [7, 11) is 0. The zero-order valence-corrected chi connectivity index (χ0v) is 5.58. The average molecular weight is 227 g/mol. The molecule has 0 aromatic heterocycles. The Bertz CT molecular complexity index is 42.7. The first kappa shape index (κ1) is 10.5. The van der Waals surface area contributed by atoms with Gasteiger partial charge < -0.3 is 24.0 Å². The predicted molar refractivity (Wildman–Crippen MR) is 13.8 cm³/mol. The average Bonchev–Trinajstić information content (AvgIpc) is 1.35. The lowest BCUT2D eigenvalue weighted by Gasteiger charge is -1.94. The van der Waals surface area contributed by atoms with E-state index in [9.17, 15) is 13.2 Å². The van der Waals surface area contributed by atoms with Crippen LogP contribution in [0.15, 0.2) is 0 Å². The van der Waals surface area contributed by atoms with Gasteiger partial charge in [-0.25, -0.2) is 4.39 Å². The maximum absolute atomic E-state index is 11.0. The lowest BCUT2D eigenvalue weighted by Crippen LogP contribution is -3.00. The van der Waals surface area contributed by atoms with Gasteiger partial charge in [0, 0.05) is 0 Å². The van der Waals surface area contributed by atoms with Crippen LogP contribution in [0.3, 0.4) is 0 Å². The van der Waals surface area contributed by atoms with Crippen molar-refractivity contribution in [1.29, 1.82) is 0 Å². The number of halogens is 4. The van der Waals surface area contributed by atoms with Crippen molar-refractivity contribution in [2.75, 3.05) is 6.67 Å². The molecule has 3 N–H and O–H groups in total. The van der Waals surface area contributed by atoms with Crippen molar-refractivity contribution in [3.8, 4) is 0 Å². The molecule has 0 aliphatic heterocycles. The summed E-state index contributed by atoms with van der Waals surface area (Å²) in [5.74, 6) is 0. The van der Waals surface area contributed by atoms with Gasteiger partial charge in [0.1, 0.15) is 0 Å². The van der Waals surface area contributed by atoms with Gasteiger partial charge in [0.05, 0.1) is 0 Å². The van der Waals surface area contributed by atoms with Crippen molar-refractivity contribution in [3.05, 3.63) is 0 Å². The molecule has 0 spiro atoms. The quantitative estimate of drug-likeness (QED) is 0.361. The van der Waals surface area contributed by atoms with Gasteiger partial charge in [-0.3, -0.25) is 5.73 Å². The molecule has 0 bridgehead atoms. The molecule has 1 nitrogen and oxygen atoms in total. The first-order chi connectivity index (χ1) is 2.56. The highest BCUT2D eigenvalue weighted by Gasteiger charge is 2.25. The van der Waals surface area contributed by atoms with E-state index < -0.39 is 12.7 Å². The van der Waals surface area contributed by atoms with Gasteiger partial charge in [-0.15, -0.1) is 8.78 Å². The molecule has 0 unspecified atom stereocenters. The molecule has 0 radical (unpaired) electrons. The van der Waals surface area contributed by atoms with Crippen molar-refractivity contribution in [1.82, 2.24) is 0 Å². The number of hydrogen-bond donors (Lipinski definition) is 1. The normalized spacial score (nSPS) is 10.3. The number of hydrogen-bond acceptors (Lipinski definition) is 0. The molecular formula is C2H5F3IN. The van der Waals surface area contributed by atoms with Crippen LogP contribution in [-0.2, 0) is 0 Å². The van der Waals surface area contributed by atoms with E-state index in [1.54, 1.807) is 0 Å². The smallest absolute Gasteiger partial charge is 0.414 e. The van der Waals surface area contributed by atoms with E-state index in [4.69, 9.17) is 0 Å². The molecular weight excluding hydrogens is 222 g/mol. The molecule has 0 rings (SSSR count). The molecule has 0 saturated heterocycles. The Morgan fingerprint density at radius 2 is 1.57 bits per heavy atom. The summed E-state index contributed by atoms with van der Waals surface area (Å²) < 4.78 is 32.6. The Hall–Kier alpha value is 0.480. The van der Waals surface area contributed by atoms with Crippen LogP contribution in [-0.4, -0.2) is 12.7 Å². The van der Waals surface area contributed by atoms with Crippen LogP contribution in [0, 0.1) is 0 Å².